The smallest absolute Gasteiger partial charge is 0.256 e. The topological polar surface area (TPSA) is 61.0 Å². The van der Waals surface area contributed by atoms with Crippen molar-refractivity contribution in [3.8, 4) is 0 Å². The van der Waals surface area contributed by atoms with Crippen LogP contribution in [0.25, 0.3) is 11.0 Å². The second kappa shape index (κ2) is 5.20. The predicted molar refractivity (Wildman–Crippen MR) is 74.0 cm³/mol. The van der Waals surface area contributed by atoms with E-state index in [1.165, 1.54) is 18.5 Å². The monoisotopic (exact) mass is 276 g/mol. The standard InChI is InChI=1S/C14H17FN4O/c1-16-6-9-2-3-19(7-9)14(20)11-4-10(15)5-12-13(11)18-8-17-12/h4-5,8-9,16H,2-3,6-7H2,1H3,(H,17,18)/t9-/m1/s1. The van der Waals surface area contributed by atoms with Gasteiger partial charge in [0, 0.05) is 13.1 Å². The van der Waals surface area contributed by atoms with Crippen molar-refractivity contribution < 1.29 is 9.18 Å². The lowest BCUT2D eigenvalue weighted by atomic mass is 10.1. The number of aromatic amines is 1. The molecule has 2 N–H and O–H groups in total. The molecule has 0 aliphatic carbocycles. The molecule has 5 nitrogen and oxygen atoms in total. The lowest BCUT2D eigenvalue weighted by molar-refractivity contribution is 0.0788. The summed E-state index contributed by atoms with van der Waals surface area (Å²) in [5, 5.41) is 3.13. The Balaban J connectivity index is 1.88. The van der Waals surface area contributed by atoms with Crippen molar-refractivity contribution >= 4 is 16.9 Å². The van der Waals surface area contributed by atoms with Crippen LogP contribution in [0.3, 0.4) is 0 Å². The van der Waals surface area contributed by atoms with Gasteiger partial charge in [-0.15, -0.1) is 0 Å². The number of halogens is 1. The van der Waals surface area contributed by atoms with Crippen LogP contribution in [0.2, 0.25) is 0 Å². The van der Waals surface area contributed by atoms with E-state index in [4.69, 9.17) is 0 Å². The Bertz CT molecular complexity index is 639. The first kappa shape index (κ1) is 13.1. The minimum absolute atomic E-state index is 0.139. The number of benzene rings is 1. The summed E-state index contributed by atoms with van der Waals surface area (Å²) < 4.78 is 13.6. The third-order valence-corrected chi connectivity index (χ3v) is 3.78. The van der Waals surface area contributed by atoms with Gasteiger partial charge >= 0.3 is 0 Å². The number of hydrogen-bond donors (Lipinski definition) is 2. The number of H-pyrrole nitrogens is 1. The van der Waals surface area contributed by atoms with Crippen LogP contribution in [0.1, 0.15) is 16.8 Å². The van der Waals surface area contributed by atoms with E-state index in [0.29, 0.717) is 35.6 Å². The van der Waals surface area contributed by atoms with Crippen molar-refractivity contribution in [3.05, 3.63) is 29.8 Å². The minimum atomic E-state index is -0.420. The number of hydrogen-bond acceptors (Lipinski definition) is 3. The Labute approximate surface area is 116 Å². The van der Waals surface area contributed by atoms with E-state index in [9.17, 15) is 9.18 Å². The summed E-state index contributed by atoms with van der Waals surface area (Å²) in [5.41, 5.74) is 1.43. The van der Waals surface area contributed by atoms with Crippen LogP contribution < -0.4 is 5.32 Å². The zero-order chi connectivity index (χ0) is 14.1. The summed E-state index contributed by atoms with van der Waals surface area (Å²) in [4.78, 5) is 21.3. The van der Waals surface area contributed by atoms with Gasteiger partial charge in [-0.05, 0) is 38.1 Å². The van der Waals surface area contributed by atoms with E-state index in [0.717, 1.165) is 13.0 Å². The summed E-state index contributed by atoms with van der Waals surface area (Å²) in [5.74, 6) is -0.0940. The molecule has 0 radical (unpaired) electrons. The summed E-state index contributed by atoms with van der Waals surface area (Å²) in [6, 6.07) is 2.63. The van der Waals surface area contributed by atoms with Crippen molar-refractivity contribution in [2.24, 2.45) is 5.92 Å². The first-order valence-corrected chi connectivity index (χ1v) is 6.75. The third kappa shape index (κ3) is 2.27. The summed E-state index contributed by atoms with van der Waals surface area (Å²) in [7, 11) is 1.91. The average molecular weight is 276 g/mol. The van der Waals surface area contributed by atoms with Crippen LogP contribution in [0.5, 0.6) is 0 Å². The van der Waals surface area contributed by atoms with Gasteiger partial charge in [-0.2, -0.15) is 0 Å². The molecule has 2 heterocycles. The Morgan fingerprint density at radius 3 is 3.25 bits per heavy atom. The Morgan fingerprint density at radius 1 is 1.60 bits per heavy atom. The molecule has 6 heteroatoms. The van der Waals surface area contributed by atoms with Gasteiger partial charge in [-0.3, -0.25) is 4.79 Å². The van der Waals surface area contributed by atoms with E-state index >= 15 is 0 Å². The molecule has 1 aromatic heterocycles. The number of aromatic nitrogens is 2. The number of likely N-dealkylation sites (tertiary alicyclic amines) is 1. The van der Waals surface area contributed by atoms with Crippen LogP contribution in [0.15, 0.2) is 18.5 Å². The number of nitrogens with zero attached hydrogens (tertiary/aromatic N) is 2. The third-order valence-electron chi connectivity index (χ3n) is 3.78. The van der Waals surface area contributed by atoms with Crippen LogP contribution in [-0.2, 0) is 0 Å². The van der Waals surface area contributed by atoms with Crippen molar-refractivity contribution in [2.45, 2.75) is 6.42 Å². The second-order valence-corrected chi connectivity index (χ2v) is 5.22. The Morgan fingerprint density at radius 2 is 2.45 bits per heavy atom. The summed E-state index contributed by atoms with van der Waals surface area (Å²) >= 11 is 0. The maximum absolute atomic E-state index is 13.6. The van der Waals surface area contributed by atoms with Gasteiger partial charge in [0.25, 0.3) is 5.91 Å². The molecule has 0 bridgehead atoms. The SMILES string of the molecule is CNC[C@H]1CCN(C(=O)c2cc(F)cc3[nH]cnc23)C1. The highest BCUT2D eigenvalue weighted by Crippen LogP contribution is 2.22. The van der Waals surface area contributed by atoms with Crippen LogP contribution in [0.4, 0.5) is 4.39 Å². The molecule has 0 spiro atoms. The number of rotatable bonds is 3. The van der Waals surface area contributed by atoms with E-state index < -0.39 is 5.82 Å². The van der Waals surface area contributed by atoms with E-state index in [1.807, 2.05) is 7.05 Å². The first-order valence-electron chi connectivity index (χ1n) is 6.75. The molecule has 1 atom stereocenters. The highest BCUT2D eigenvalue weighted by molar-refractivity contribution is 6.04. The quantitative estimate of drug-likeness (QED) is 0.890. The number of fused-ring (bicyclic) bond motifs is 1. The molecule has 0 saturated carbocycles. The zero-order valence-electron chi connectivity index (χ0n) is 11.3. The molecule has 20 heavy (non-hydrogen) atoms. The number of nitrogens with one attached hydrogen (secondary N) is 2. The molecule has 1 saturated heterocycles. The van der Waals surface area contributed by atoms with Gasteiger partial charge in [0.15, 0.2) is 0 Å². The molecule has 1 amide bonds. The number of carbonyl (C=O) groups excluding carboxylic acids is 1. The maximum Gasteiger partial charge on any atom is 0.256 e. The lowest BCUT2D eigenvalue weighted by Crippen LogP contribution is -2.30. The highest BCUT2D eigenvalue weighted by Gasteiger charge is 2.28. The molecule has 2 aromatic rings. The van der Waals surface area contributed by atoms with E-state index in [1.54, 1.807) is 4.90 Å². The molecule has 1 aliphatic rings. The molecule has 1 fully saturated rings. The number of carbonyl (C=O) groups is 1. The van der Waals surface area contributed by atoms with E-state index in [-0.39, 0.29) is 5.91 Å². The van der Waals surface area contributed by atoms with Gasteiger partial charge in [-0.1, -0.05) is 0 Å². The fourth-order valence-corrected chi connectivity index (χ4v) is 2.82. The van der Waals surface area contributed by atoms with Gasteiger partial charge in [0.1, 0.15) is 11.3 Å². The molecule has 106 valence electrons. The van der Waals surface area contributed by atoms with Gasteiger partial charge < -0.3 is 15.2 Å². The first-order chi connectivity index (χ1) is 9.69. The largest absolute Gasteiger partial charge is 0.344 e. The Hall–Kier alpha value is -1.95. The minimum Gasteiger partial charge on any atom is -0.344 e. The van der Waals surface area contributed by atoms with Crippen molar-refractivity contribution in [1.29, 1.82) is 0 Å². The van der Waals surface area contributed by atoms with Crippen LogP contribution in [-0.4, -0.2) is 47.5 Å². The zero-order valence-corrected chi connectivity index (χ0v) is 11.3. The molecule has 1 aromatic carbocycles. The fourth-order valence-electron chi connectivity index (χ4n) is 2.82. The lowest BCUT2D eigenvalue weighted by Gasteiger charge is -2.17. The van der Waals surface area contributed by atoms with Crippen molar-refractivity contribution in [1.82, 2.24) is 20.2 Å². The second-order valence-electron chi connectivity index (χ2n) is 5.22. The summed E-state index contributed by atoms with van der Waals surface area (Å²) in [6.45, 7) is 2.32. The van der Waals surface area contributed by atoms with Crippen molar-refractivity contribution in [3.63, 3.8) is 0 Å². The fraction of sp³-hybridized carbons (Fsp3) is 0.429. The van der Waals surface area contributed by atoms with Crippen LogP contribution in [0, 0.1) is 11.7 Å². The van der Waals surface area contributed by atoms with Gasteiger partial charge in [-0.25, -0.2) is 9.37 Å². The molecular formula is C14H17FN4O. The predicted octanol–water partition coefficient (Wildman–Crippen LogP) is 1.38. The maximum atomic E-state index is 13.6. The number of amides is 1. The normalized spacial score (nSPS) is 18.9. The molecule has 3 rings (SSSR count). The van der Waals surface area contributed by atoms with Crippen LogP contribution >= 0.6 is 0 Å². The molecule has 0 unspecified atom stereocenters. The number of imidazole rings is 1. The summed E-state index contributed by atoms with van der Waals surface area (Å²) in [6.07, 6.45) is 2.46. The van der Waals surface area contributed by atoms with Gasteiger partial charge in [0.2, 0.25) is 0 Å². The highest BCUT2D eigenvalue weighted by atomic mass is 19.1. The van der Waals surface area contributed by atoms with E-state index in [2.05, 4.69) is 15.3 Å². The van der Waals surface area contributed by atoms with Gasteiger partial charge in [0.05, 0.1) is 17.4 Å². The molecule has 1 aliphatic heterocycles. The van der Waals surface area contributed by atoms with Crippen molar-refractivity contribution in [2.75, 3.05) is 26.7 Å². The average Bonchev–Trinajstić information content (AvgIpc) is 3.06. The molecular weight excluding hydrogens is 259 g/mol. The Kier molecular flexibility index (Phi) is 3.40.